The fourth-order valence-corrected chi connectivity index (χ4v) is 3.87. The molecule has 1 aromatic heterocycles. The first kappa shape index (κ1) is 19.3. The van der Waals surface area contributed by atoms with Crippen molar-refractivity contribution in [3.8, 4) is 11.5 Å². The van der Waals surface area contributed by atoms with Crippen molar-refractivity contribution >= 4 is 17.3 Å². The molecule has 0 saturated carbocycles. The Morgan fingerprint density at radius 1 is 0.920 bits per heavy atom. The number of methoxy groups -OCH3 is 2. The predicted molar refractivity (Wildman–Crippen MR) is 101 cm³/mol. The number of aliphatic carboxylic acids is 1. The summed E-state index contributed by atoms with van der Waals surface area (Å²) >= 11 is 1.85. The summed E-state index contributed by atoms with van der Waals surface area (Å²) in [5.74, 6) is 0.832. The highest BCUT2D eigenvalue weighted by molar-refractivity contribution is 7.11. The van der Waals surface area contributed by atoms with Gasteiger partial charge in [-0.3, -0.25) is 4.79 Å². The van der Waals surface area contributed by atoms with Gasteiger partial charge in [0.15, 0.2) is 11.5 Å². The van der Waals surface area contributed by atoms with Crippen molar-refractivity contribution in [2.75, 3.05) is 14.2 Å². The van der Waals surface area contributed by atoms with Crippen LogP contribution in [0.4, 0.5) is 0 Å². The summed E-state index contributed by atoms with van der Waals surface area (Å²) in [6.07, 6.45) is 6.10. The topological polar surface area (TPSA) is 55.8 Å². The molecule has 0 spiro atoms. The van der Waals surface area contributed by atoms with Gasteiger partial charge in [-0.05, 0) is 68.4 Å². The molecule has 1 heterocycles. The van der Waals surface area contributed by atoms with Crippen LogP contribution < -0.4 is 9.47 Å². The van der Waals surface area contributed by atoms with Crippen LogP contribution in [-0.4, -0.2) is 25.3 Å². The van der Waals surface area contributed by atoms with Gasteiger partial charge in [0.1, 0.15) is 0 Å². The van der Waals surface area contributed by atoms with Crippen LogP contribution in [0.1, 0.15) is 41.0 Å². The van der Waals surface area contributed by atoms with Crippen molar-refractivity contribution in [2.24, 2.45) is 0 Å². The second-order valence-electron chi connectivity index (χ2n) is 6.01. The molecule has 0 amide bonds. The molecule has 5 heteroatoms. The van der Waals surface area contributed by atoms with Gasteiger partial charge in [-0.25, -0.2) is 0 Å². The van der Waals surface area contributed by atoms with E-state index in [0.29, 0.717) is 0 Å². The Hall–Kier alpha value is -2.01. The first-order valence-corrected chi connectivity index (χ1v) is 9.44. The van der Waals surface area contributed by atoms with E-state index in [2.05, 4.69) is 18.2 Å². The third-order valence-electron chi connectivity index (χ3n) is 4.12. The lowest BCUT2D eigenvalue weighted by Crippen LogP contribution is -1.94. The average molecular weight is 362 g/mol. The zero-order valence-corrected chi connectivity index (χ0v) is 15.7. The van der Waals surface area contributed by atoms with Crippen molar-refractivity contribution in [1.29, 1.82) is 0 Å². The van der Waals surface area contributed by atoms with Gasteiger partial charge in [0.2, 0.25) is 0 Å². The highest BCUT2D eigenvalue weighted by atomic mass is 32.1. The summed E-state index contributed by atoms with van der Waals surface area (Å²) in [6.45, 7) is 0. The Morgan fingerprint density at radius 2 is 1.60 bits per heavy atom. The van der Waals surface area contributed by atoms with Crippen LogP contribution >= 0.6 is 11.3 Å². The van der Waals surface area contributed by atoms with Gasteiger partial charge in [0, 0.05) is 16.2 Å². The lowest BCUT2D eigenvalue weighted by molar-refractivity contribution is -0.137. The molecule has 1 N–H and O–H groups in total. The standard InChI is InChI=1S/C20H26O4S/c1-23-18-13-10-15(14-19(18)24-2)6-5-8-17-12-11-16(25-17)7-3-4-9-20(21)22/h10-14H,3-9H2,1-2H3,(H,21,22). The summed E-state index contributed by atoms with van der Waals surface area (Å²) in [7, 11) is 3.30. The fraction of sp³-hybridized carbons (Fsp3) is 0.450. The molecule has 0 fully saturated rings. The van der Waals surface area contributed by atoms with Crippen LogP contribution in [-0.2, 0) is 24.1 Å². The maximum atomic E-state index is 10.5. The van der Waals surface area contributed by atoms with Gasteiger partial charge >= 0.3 is 5.97 Å². The number of thiophene rings is 1. The minimum absolute atomic E-state index is 0.267. The molecule has 0 aliphatic heterocycles. The molecule has 0 atom stereocenters. The molecule has 0 saturated heterocycles. The van der Waals surface area contributed by atoms with Crippen LogP contribution in [0.25, 0.3) is 0 Å². The van der Waals surface area contributed by atoms with Gasteiger partial charge in [-0.1, -0.05) is 6.07 Å². The van der Waals surface area contributed by atoms with Crippen molar-refractivity contribution in [1.82, 2.24) is 0 Å². The molecule has 4 nitrogen and oxygen atoms in total. The van der Waals surface area contributed by atoms with Gasteiger partial charge in [-0.2, -0.15) is 0 Å². The molecule has 0 unspecified atom stereocenters. The molecular weight excluding hydrogens is 336 g/mol. The van der Waals surface area contributed by atoms with Crippen LogP contribution in [0, 0.1) is 0 Å². The van der Waals surface area contributed by atoms with Crippen molar-refractivity contribution in [3.63, 3.8) is 0 Å². The maximum absolute atomic E-state index is 10.5. The van der Waals surface area contributed by atoms with Crippen molar-refractivity contribution in [2.45, 2.75) is 44.9 Å². The van der Waals surface area contributed by atoms with Crippen LogP contribution in [0.3, 0.4) is 0 Å². The molecule has 0 radical (unpaired) electrons. The number of ether oxygens (including phenoxy) is 2. The fourth-order valence-electron chi connectivity index (χ4n) is 2.77. The predicted octanol–water partition coefficient (Wildman–Crippen LogP) is 4.74. The van der Waals surface area contributed by atoms with Crippen LogP contribution in [0.15, 0.2) is 30.3 Å². The summed E-state index contributed by atoms with van der Waals surface area (Å²) in [4.78, 5) is 13.3. The minimum atomic E-state index is -0.706. The lowest BCUT2D eigenvalue weighted by atomic mass is 10.1. The third kappa shape index (κ3) is 6.42. The molecule has 136 valence electrons. The number of benzene rings is 1. The zero-order chi connectivity index (χ0) is 18.1. The summed E-state index contributed by atoms with van der Waals surface area (Å²) in [6, 6.07) is 10.5. The Kier molecular flexibility index (Phi) is 7.79. The first-order valence-electron chi connectivity index (χ1n) is 8.62. The highest BCUT2D eigenvalue weighted by Crippen LogP contribution is 2.28. The number of aryl methyl sites for hydroxylation is 3. The van der Waals surface area contributed by atoms with E-state index in [1.807, 2.05) is 23.5 Å². The number of hydrogen-bond acceptors (Lipinski definition) is 4. The summed E-state index contributed by atoms with van der Waals surface area (Å²) in [5, 5.41) is 8.66. The second kappa shape index (κ2) is 10.1. The normalized spacial score (nSPS) is 10.6. The Morgan fingerprint density at radius 3 is 2.24 bits per heavy atom. The van der Waals surface area contributed by atoms with Gasteiger partial charge < -0.3 is 14.6 Å². The minimum Gasteiger partial charge on any atom is -0.493 e. The molecule has 2 aromatic rings. The Balaban J connectivity index is 1.76. The van der Waals surface area contributed by atoms with E-state index in [1.54, 1.807) is 14.2 Å². The third-order valence-corrected chi connectivity index (χ3v) is 5.32. The van der Waals surface area contributed by atoms with E-state index >= 15 is 0 Å². The zero-order valence-electron chi connectivity index (χ0n) is 14.9. The van der Waals surface area contributed by atoms with Crippen molar-refractivity contribution in [3.05, 3.63) is 45.6 Å². The smallest absolute Gasteiger partial charge is 0.303 e. The molecule has 2 rings (SSSR count). The number of carbonyl (C=O) groups is 1. The van der Waals surface area contributed by atoms with E-state index in [9.17, 15) is 4.79 Å². The largest absolute Gasteiger partial charge is 0.493 e. The van der Waals surface area contributed by atoms with E-state index in [0.717, 1.165) is 50.0 Å². The van der Waals surface area contributed by atoms with Gasteiger partial charge in [0.25, 0.3) is 0 Å². The number of carboxylic acid groups (broad SMARTS) is 1. The van der Waals surface area contributed by atoms with E-state index in [4.69, 9.17) is 14.6 Å². The average Bonchev–Trinajstić information content (AvgIpc) is 3.06. The van der Waals surface area contributed by atoms with Crippen LogP contribution in [0.5, 0.6) is 11.5 Å². The molecule has 0 aliphatic rings. The second-order valence-corrected chi connectivity index (χ2v) is 7.26. The van der Waals surface area contributed by atoms with Crippen LogP contribution in [0.2, 0.25) is 0 Å². The monoisotopic (exact) mass is 362 g/mol. The van der Waals surface area contributed by atoms with Gasteiger partial charge in [0.05, 0.1) is 14.2 Å². The van der Waals surface area contributed by atoms with E-state index in [-0.39, 0.29) is 6.42 Å². The lowest BCUT2D eigenvalue weighted by Gasteiger charge is -2.09. The molecule has 1 aromatic carbocycles. The van der Waals surface area contributed by atoms with E-state index in [1.165, 1.54) is 15.3 Å². The van der Waals surface area contributed by atoms with Gasteiger partial charge in [-0.15, -0.1) is 11.3 Å². The number of carboxylic acids is 1. The number of rotatable bonds is 11. The molecule has 0 bridgehead atoms. The maximum Gasteiger partial charge on any atom is 0.303 e. The summed E-state index contributed by atoms with van der Waals surface area (Å²) < 4.78 is 10.6. The number of hydrogen-bond donors (Lipinski definition) is 1. The Bertz CT molecular complexity index is 678. The SMILES string of the molecule is COc1ccc(CCCc2ccc(CCCCC(=O)O)s2)cc1OC. The highest BCUT2D eigenvalue weighted by Gasteiger charge is 2.06. The number of unbranched alkanes of at least 4 members (excludes halogenated alkanes) is 1. The first-order chi connectivity index (χ1) is 12.1. The molecular formula is C20H26O4S. The Labute approximate surface area is 153 Å². The summed E-state index contributed by atoms with van der Waals surface area (Å²) in [5.41, 5.74) is 1.25. The quantitative estimate of drug-likeness (QED) is 0.587. The molecule has 0 aliphatic carbocycles. The molecule has 25 heavy (non-hydrogen) atoms. The van der Waals surface area contributed by atoms with E-state index < -0.39 is 5.97 Å². The van der Waals surface area contributed by atoms with Crippen molar-refractivity contribution < 1.29 is 19.4 Å².